The number of hydrogen-bond acceptors (Lipinski definition) is 2. The zero-order valence-electron chi connectivity index (χ0n) is 4.73. The van der Waals surface area contributed by atoms with Crippen LogP contribution in [0.4, 0.5) is 0 Å². The smallest absolute Gasteiger partial charge is 0.138 e. The molecule has 4 heteroatoms. The fourth-order valence-corrected chi connectivity index (χ4v) is 0.827. The molecule has 2 nitrogen and oxygen atoms in total. The fraction of sp³-hybridized carbons (Fsp3) is 0. The third-order valence-electron chi connectivity index (χ3n) is 0.943. The summed E-state index contributed by atoms with van der Waals surface area (Å²) in [4.78, 5) is 0. The second kappa shape index (κ2) is 2.56. The van der Waals surface area contributed by atoms with Crippen LogP contribution in [0.5, 0.6) is 11.5 Å². The van der Waals surface area contributed by atoms with Gasteiger partial charge in [0, 0.05) is 12.1 Å². The van der Waals surface area contributed by atoms with Crippen molar-refractivity contribution in [3.05, 3.63) is 22.2 Å². The van der Waals surface area contributed by atoms with Crippen LogP contribution < -0.4 is 0 Å². The van der Waals surface area contributed by atoms with Gasteiger partial charge in [-0.05, 0) is 0 Å². The van der Waals surface area contributed by atoms with Gasteiger partial charge in [-0.1, -0.05) is 23.2 Å². The Morgan fingerprint density at radius 2 is 1.50 bits per heavy atom. The molecule has 0 aliphatic rings. The molecule has 53 valence electrons. The van der Waals surface area contributed by atoms with Gasteiger partial charge in [-0.15, -0.1) is 0 Å². The molecule has 0 bridgehead atoms. The first-order valence-corrected chi connectivity index (χ1v) is 3.16. The van der Waals surface area contributed by atoms with E-state index in [9.17, 15) is 0 Å². The second-order valence-corrected chi connectivity index (χ2v) is 2.42. The molecule has 0 fully saturated rings. The summed E-state index contributed by atoms with van der Waals surface area (Å²) in [5.41, 5.74) is 0. The van der Waals surface area contributed by atoms with Gasteiger partial charge in [0.25, 0.3) is 0 Å². The average molecular weight is 178 g/mol. The van der Waals surface area contributed by atoms with Crippen molar-refractivity contribution >= 4 is 23.2 Å². The van der Waals surface area contributed by atoms with E-state index in [-0.39, 0.29) is 21.5 Å². The molecule has 0 amide bonds. The number of phenols is 2. The summed E-state index contributed by atoms with van der Waals surface area (Å²) in [5.74, 6) is -0.466. The number of benzene rings is 1. The number of rotatable bonds is 0. The standard InChI is InChI=1S/C6H3Cl2O2/c7-3-1-4(8)6(10)2-5(3)9/h2,9-10H. The molecule has 0 aromatic heterocycles. The summed E-state index contributed by atoms with van der Waals surface area (Å²) in [6.07, 6.45) is 0. The average Bonchev–Trinajstić information content (AvgIpc) is 1.84. The van der Waals surface area contributed by atoms with Gasteiger partial charge in [0.2, 0.25) is 0 Å². The minimum atomic E-state index is -0.233. The molecule has 0 atom stereocenters. The Hall–Kier alpha value is -0.600. The van der Waals surface area contributed by atoms with Crippen molar-refractivity contribution in [3.63, 3.8) is 0 Å². The Labute approximate surface area is 67.6 Å². The van der Waals surface area contributed by atoms with Gasteiger partial charge in [0.1, 0.15) is 11.5 Å². The molecule has 0 spiro atoms. The maximum absolute atomic E-state index is 8.84. The SMILES string of the molecule is Oc1cc(O)c(Cl)[c]c1Cl. The highest BCUT2D eigenvalue weighted by Gasteiger charge is 2.04. The molecule has 0 heterocycles. The molecule has 10 heavy (non-hydrogen) atoms. The summed E-state index contributed by atoms with van der Waals surface area (Å²) in [5, 5.41) is 17.7. The fourth-order valence-electron chi connectivity index (χ4n) is 0.481. The van der Waals surface area contributed by atoms with Crippen molar-refractivity contribution in [2.75, 3.05) is 0 Å². The van der Waals surface area contributed by atoms with E-state index in [2.05, 4.69) is 6.07 Å². The second-order valence-electron chi connectivity index (χ2n) is 1.67. The molecule has 0 saturated heterocycles. The summed E-state index contributed by atoms with van der Waals surface area (Å²) in [7, 11) is 0. The van der Waals surface area contributed by atoms with Gasteiger partial charge in [-0.3, -0.25) is 0 Å². The molecule has 0 aliphatic heterocycles. The van der Waals surface area contributed by atoms with Gasteiger partial charge >= 0.3 is 0 Å². The number of hydrogen-bond donors (Lipinski definition) is 2. The topological polar surface area (TPSA) is 40.5 Å². The lowest BCUT2D eigenvalue weighted by Crippen LogP contribution is -1.71. The van der Waals surface area contributed by atoms with E-state index in [0.717, 1.165) is 6.07 Å². The maximum atomic E-state index is 8.84. The van der Waals surface area contributed by atoms with Gasteiger partial charge in [-0.25, -0.2) is 0 Å². The van der Waals surface area contributed by atoms with Crippen molar-refractivity contribution in [3.8, 4) is 11.5 Å². The molecule has 0 aliphatic carbocycles. The van der Waals surface area contributed by atoms with Crippen molar-refractivity contribution in [2.45, 2.75) is 0 Å². The summed E-state index contributed by atoms with van der Waals surface area (Å²) < 4.78 is 0. The Bertz CT molecular complexity index is 210. The highest BCUT2D eigenvalue weighted by Crippen LogP contribution is 2.32. The van der Waals surface area contributed by atoms with Crippen LogP contribution in [0.25, 0.3) is 0 Å². The highest BCUT2D eigenvalue weighted by molar-refractivity contribution is 6.36. The van der Waals surface area contributed by atoms with Crippen LogP contribution in [-0.2, 0) is 0 Å². The number of phenolic OH excluding ortho intramolecular Hbond substituents is 2. The molecule has 2 N–H and O–H groups in total. The third-order valence-corrected chi connectivity index (χ3v) is 1.52. The maximum Gasteiger partial charge on any atom is 0.138 e. The van der Waals surface area contributed by atoms with E-state index in [1.807, 2.05) is 0 Å². The van der Waals surface area contributed by atoms with Gasteiger partial charge in [0.15, 0.2) is 0 Å². The van der Waals surface area contributed by atoms with Gasteiger partial charge in [-0.2, -0.15) is 0 Å². The lowest BCUT2D eigenvalue weighted by molar-refractivity contribution is 0.450. The zero-order valence-corrected chi connectivity index (χ0v) is 6.24. The molecular formula is C6H3Cl2O2. The van der Waals surface area contributed by atoms with Crippen LogP contribution in [0, 0.1) is 6.07 Å². The highest BCUT2D eigenvalue weighted by atomic mass is 35.5. The predicted molar refractivity (Wildman–Crippen MR) is 38.6 cm³/mol. The van der Waals surface area contributed by atoms with Gasteiger partial charge < -0.3 is 10.2 Å². The van der Waals surface area contributed by atoms with E-state index >= 15 is 0 Å². The van der Waals surface area contributed by atoms with Crippen LogP contribution in [0.15, 0.2) is 6.07 Å². The lowest BCUT2D eigenvalue weighted by atomic mass is 10.3. The lowest BCUT2D eigenvalue weighted by Gasteiger charge is -1.97. The van der Waals surface area contributed by atoms with Crippen LogP contribution in [0.3, 0.4) is 0 Å². The van der Waals surface area contributed by atoms with E-state index in [0.29, 0.717) is 0 Å². The summed E-state index contributed by atoms with van der Waals surface area (Å²) >= 11 is 10.8. The zero-order chi connectivity index (χ0) is 7.72. The normalized spacial score (nSPS) is 9.80. The van der Waals surface area contributed by atoms with Crippen LogP contribution in [-0.4, -0.2) is 10.2 Å². The first-order chi connectivity index (χ1) is 4.61. The van der Waals surface area contributed by atoms with Crippen LogP contribution in [0.1, 0.15) is 0 Å². The molecule has 1 rings (SSSR count). The summed E-state index contributed by atoms with van der Waals surface area (Å²) in [6, 6.07) is 3.39. The molecular weight excluding hydrogens is 175 g/mol. The van der Waals surface area contributed by atoms with E-state index in [1.54, 1.807) is 0 Å². The van der Waals surface area contributed by atoms with Gasteiger partial charge in [0.05, 0.1) is 10.0 Å². The van der Waals surface area contributed by atoms with Crippen molar-refractivity contribution < 1.29 is 10.2 Å². The largest absolute Gasteiger partial charge is 0.506 e. The first kappa shape index (κ1) is 7.51. The molecule has 0 unspecified atom stereocenters. The van der Waals surface area contributed by atoms with E-state index in [1.165, 1.54) is 0 Å². The third kappa shape index (κ3) is 1.28. The Balaban J connectivity index is 3.28. The molecule has 1 radical (unpaired) electrons. The Kier molecular flexibility index (Phi) is 1.92. The molecule has 1 aromatic carbocycles. The first-order valence-electron chi connectivity index (χ1n) is 2.40. The minimum Gasteiger partial charge on any atom is -0.506 e. The Morgan fingerprint density at radius 3 is 1.80 bits per heavy atom. The monoisotopic (exact) mass is 177 g/mol. The minimum absolute atomic E-state index is 0.00259. The van der Waals surface area contributed by atoms with E-state index < -0.39 is 0 Å². The molecule has 1 aromatic rings. The van der Waals surface area contributed by atoms with Crippen molar-refractivity contribution in [1.29, 1.82) is 0 Å². The quantitative estimate of drug-likeness (QED) is 0.639. The van der Waals surface area contributed by atoms with Crippen molar-refractivity contribution in [1.82, 2.24) is 0 Å². The van der Waals surface area contributed by atoms with Crippen LogP contribution >= 0.6 is 23.2 Å². The van der Waals surface area contributed by atoms with Crippen molar-refractivity contribution in [2.24, 2.45) is 0 Å². The Morgan fingerprint density at radius 1 is 1.10 bits per heavy atom. The van der Waals surface area contributed by atoms with Crippen LogP contribution in [0.2, 0.25) is 10.0 Å². The van der Waals surface area contributed by atoms with E-state index in [4.69, 9.17) is 33.4 Å². The number of aromatic hydroxyl groups is 2. The molecule has 0 saturated carbocycles. The summed E-state index contributed by atoms with van der Waals surface area (Å²) in [6.45, 7) is 0. The number of halogens is 2. The predicted octanol–water partition coefficient (Wildman–Crippen LogP) is 2.20.